The lowest BCUT2D eigenvalue weighted by Crippen LogP contribution is -1.96. The minimum Gasteiger partial charge on any atom is -0.264 e. The van der Waals surface area contributed by atoms with Crippen LogP contribution in [0.2, 0.25) is 0 Å². The molecular weight excluding hydrogens is 1820 g/mol. The molecular formula is C141H93N9. The van der Waals surface area contributed by atoms with Crippen LogP contribution in [-0.2, 0) is 0 Å². The summed E-state index contributed by atoms with van der Waals surface area (Å²) in [5, 5.41) is 14.8. The SMILES string of the molecule is c1ccc(-c2cccc(-c3nc(-c4ccc(-c5cccnc5)cc4)cc(-c4cccc(-c5ccc6ccccc6c5)c4)n3)c2)cc1.c1cncc(-c2ccc(-c3cc(-c4ccc(-c5cccc6ccccc56)cc4)nc(-c4cccc(-c5ccc6ccccc6c5)c4)n3)cc2)c1.c1cncc(-c2ccc(-c3cc(-c4cccc(-c5ccc6ccccc6c5)c4)nc(-c4cccc(-c5cc6ccccc6c6ccccc56)c4)n3)cc2)c1. The summed E-state index contributed by atoms with van der Waals surface area (Å²) in [7, 11) is 0. The average molecular weight is 1910 g/mol. The molecule has 0 saturated heterocycles. The summed E-state index contributed by atoms with van der Waals surface area (Å²) >= 11 is 0. The van der Waals surface area contributed by atoms with Gasteiger partial charge in [0.05, 0.1) is 34.2 Å². The second-order valence-corrected chi connectivity index (χ2v) is 37.6. The van der Waals surface area contributed by atoms with Crippen LogP contribution in [0.3, 0.4) is 0 Å². The van der Waals surface area contributed by atoms with Crippen molar-refractivity contribution in [1.29, 1.82) is 0 Å². The van der Waals surface area contributed by atoms with Crippen molar-refractivity contribution in [3.8, 4) is 202 Å². The zero-order valence-corrected chi connectivity index (χ0v) is 81.7. The lowest BCUT2D eigenvalue weighted by atomic mass is 9.92. The third kappa shape index (κ3) is 19.5. The fraction of sp³-hybridized carbons (Fsp3) is 0. The summed E-state index contributed by atoms with van der Waals surface area (Å²) in [6.45, 7) is 0. The standard InChI is InChI=1S/C51H33N3.C47H31N3.C43H29N3/c1-2-11-37-28-39(26-23-34(37)10-1)38-13-7-15-42(29-38)50-32-49(36-24-21-35(22-25-36)44-17-9-27-52-33-44)53-51(54-50)43-16-8-14-40(30-43)48-31-41-12-3-4-18-45(41)46-19-5-6-20-47(46)48;1-2-10-38-28-40(26-19-32(38)8-1)39-12-5-13-41(29-39)47-49-45(36-22-17-33(18-23-36)42-14-7-27-48-31-42)30-46(50-47)37-24-20-35(21-25-37)44-16-6-11-34-9-3-4-15-43(34)44;1-2-9-30(10-3-1)35-13-7-16-39(27-35)43-45-41(33-21-18-32(19-22-33)40-17-8-24-44-29-40)28-42(46-43)38-15-6-14-36(26-38)37-23-20-31-11-4-5-12-34(31)25-37/h1-33H;1-31H;1-29H. The Labute approximate surface area is 870 Å². The van der Waals surface area contributed by atoms with E-state index in [1.54, 1.807) is 18.6 Å². The summed E-state index contributed by atoms with van der Waals surface area (Å²) in [5.41, 5.74) is 34.9. The van der Waals surface area contributed by atoms with Crippen LogP contribution in [0.25, 0.3) is 266 Å². The highest BCUT2D eigenvalue weighted by Crippen LogP contribution is 2.43. The molecule has 0 fully saturated rings. The summed E-state index contributed by atoms with van der Waals surface area (Å²) < 4.78 is 0. The summed E-state index contributed by atoms with van der Waals surface area (Å²) in [6, 6.07) is 186. The average Bonchev–Trinajstić information content (AvgIpc) is 0.759. The molecule has 6 heterocycles. The Balaban J connectivity index is 0.000000117. The number of hydrogen-bond acceptors (Lipinski definition) is 9. The van der Waals surface area contributed by atoms with E-state index in [0.717, 1.165) is 157 Å². The van der Waals surface area contributed by atoms with Gasteiger partial charge < -0.3 is 0 Å². The molecule has 0 radical (unpaired) electrons. The number of hydrogen-bond donors (Lipinski definition) is 0. The number of aromatic nitrogens is 9. The van der Waals surface area contributed by atoms with Crippen LogP contribution in [0.1, 0.15) is 0 Å². The zero-order valence-electron chi connectivity index (χ0n) is 81.7. The van der Waals surface area contributed by atoms with Crippen LogP contribution >= 0.6 is 0 Å². The van der Waals surface area contributed by atoms with E-state index < -0.39 is 0 Å². The van der Waals surface area contributed by atoms with E-state index in [2.05, 4.69) is 518 Å². The molecule has 0 aliphatic heterocycles. The van der Waals surface area contributed by atoms with Crippen LogP contribution in [0.5, 0.6) is 0 Å². The lowest BCUT2D eigenvalue weighted by molar-refractivity contribution is 1.18. The predicted octanol–water partition coefficient (Wildman–Crippen LogP) is 36.5. The molecule has 702 valence electrons. The number of benzene rings is 21. The van der Waals surface area contributed by atoms with Gasteiger partial charge in [-0.3, -0.25) is 15.0 Å². The van der Waals surface area contributed by atoms with Gasteiger partial charge in [0, 0.05) is 87.3 Å². The lowest BCUT2D eigenvalue weighted by Gasteiger charge is -2.13. The fourth-order valence-corrected chi connectivity index (χ4v) is 20.3. The second-order valence-electron chi connectivity index (χ2n) is 37.6. The molecule has 9 nitrogen and oxygen atoms in total. The molecule has 21 aromatic carbocycles. The molecule has 6 aromatic heterocycles. The first-order chi connectivity index (χ1) is 74.2. The maximum atomic E-state index is 5.28. The van der Waals surface area contributed by atoms with Crippen LogP contribution in [0.4, 0.5) is 0 Å². The smallest absolute Gasteiger partial charge is 0.160 e. The molecule has 0 saturated carbocycles. The van der Waals surface area contributed by atoms with E-state index in [9.17, 15) is 0 Å². The highest BCUT2D eigenvalue weighted by atomic mass is 14.9. The first-order valence-electron chi connectivity index (χ1n) is 50.5. The van der Waals surface area contributed by atoms with Gasteiger partial charge in [-0.1, -0.05) is 437 Å². The Morgan fingerprint density at radius 3 is 0.760 bits per heavy atom. The third-order valence-corrected chi connectivity index (χ3v) is 28.1. The normalized spacial score (nSPS) is 11.2. The van der Waals surface area contributed by atoms with Crippen LogP contribution in [0.15, 0.2) is 565 Å². The van der Waals surface area contributed by atoms with E-state index >= 15 is 0 Å². The van der Waals surface area contributed by atoms with Gasteiger partial charge in [-0.25, -0.2) is 29.9 Å². The maximum absolute atomic E-state index is 5.28. The van der Waals surface area contributed by atoms with Crippen molar-refractivity contribution in [3.05, 3.63) is 565 Å². The Kier molecular flexibility index (Phi) is 25.1. The third-order valence-electron chi connectivity index (χ3n) is 28.1. The molecule has 0 unspecified atom stereocenters. The Hall–Kier alpha value is -20.1. The fourth-order valence-electron chi connectivity index (χ4n) is 20.3. The number of rotatable bonds is 18. The molecule has 0 atom stereocenters. The van der Waals surface area contributed by atoms with Gasteiger partial charge in [0.1, 0.15) is 0 Å². The quantitative estimate of drug-likeness (QED) is 0.0774. The Morgan fingerprint density at radius 2 is 0.360 bits per heavy atom. The van der Waals surface area contributed by atoms with Gasteiger partial charge in [-0.2, -0.15) is 0 Å². The summed E-state index contributed by atoms with van der Waals surface area (Å²) in [4.78, 5) is 44.0. The molecule has 0 amide bonds. The van der Waals surface area contributed by atoms with Crippen molar-refractivity contribution in [1.82, 2.24) is 44.9 Å². The minimum atomic E-state index is 0.682. The highest BCUT2D eigenvalue weighted by molar-refractivity contribution is 6.14. The molecule has 27 rings (SSSR count). The predicted molar refractivity (Wildman–Crippen MR) is 622 cm³/mol. The highest BCUT2D eigenvalue weighted by Gasteiger charge is 2.21. The Morgan fingerprint density at radius 1 is 0.107 bits per heavy atom. The van der Waals surface area contributed by atoms with E-state index in [-0.39, 0.29) is 0 Å². The van der Waals surface area contributed by atoms with E-state index in [4.69, 9.17) is 29.9 Å². The molecule has 0 N–H and O–H groups in total. The molecule has 0 bridgehead atoms. The van der Waals surface area contributed by atoms with Crippen molar-refractivity contribution < 1.29 is 0 Å². The number of fused-ring (bicyclic) bond motifs is 7. The zero-order chi connectivity index (χ0) is 99.8. The van der Waals surface area contributed by atoms with Crippen molar-refractivity contribution in [2.45, 2.75) is 0 Å². The van der Waals surface area contributed by atoms with E-state index in [0.29, 0.717) is 17.5 Å². The van der Waals surface area contributed by atoms with Crippen molar-refractivity contribution in [3.63, 3.8) is 0 Å². The summed E-state index contributed by atoms with van der Waals surface area (Å²) in [6.07, 6.45) is 11.1. The van der Waals surface area contributed by atoms with E-state index in [1.165, 1.54) is 92.5 Å². The maximum Gasteiger partial charge on any atom is 0.160 e. The molecule has 150 heavy (non-hydrogen) atoms. The Bertz CT molecular complexity index is 9660. The van der Waals surface area contributed by atoms with Crippen LogP contribution in [-0.4, -0.2) is 44.9 Å². The van der Waals surface area contributed by atoms with Gasteiger partial charge in [-0.05, 0) is 256 Å². The molecule has 0 aliphatic carbocycles. The van der Waals surface area contributed by atoms with E-state index in [1.807, 2.05) is 42.9 Å². The van der Waals surface area contributed by atoms with Crippen molar-refractivity contribution in [2.75, 3.05) is 0 Å². The van der Waals surface area contributed by atoms with Crippen molar-refractivity contribution >= 4 is 64.6 Å². The number of nitrogens with zero attached hydrogens (tertiary/aromatic N) is 9. The van der Waals surface area contributed by atoms with Crippen LogP contribution < -0.4 is 0 Å². The minimum absolute atomic E-state index is 0.682. The van der Waals surface area contributed by atoms with Gasteiger partial charge >= 0.3 is 0 Å². The van der Waals surface area contributed by atoms with Crippen molar-refractivity contribution in [2.24, 2.45) is 0 Å². The molecule has 27 aromatic rings. The van der Waals surface area contributed by atoms with Crippen LogP contribution in [0, 0.1) is 0 Å². The molecule has 0 spiro atoms. The first-order valence-corrected chi connectivity index (χ1v) is 50.5. The van der Waals surface area contributed by atoms with Gasteiger partial charge in [0.15, 0.2) is 17.5 Å². The summed E-state index contributed by atoms with van der Waals surface area (Å²) in [5.74, 6) is 2.06. The monoisotopic (exact) mass is 1910 g/mol. The largest absolute Gasteiger partial charge is 0.264 e. The second kappa shape index (κ2) is 41.3. The molecule has 9 heteroatoms. The first kappa shape index (κ1) is 91.1. The van der Waals surface area contributed by atoms with Gasteiger partial charge in [0.25, 0.3) is 0 Å². The topological polar surface area (TPSA) is 116 Å². The number of pyridine rings is 3. The van der Waals surface area contributed by atoms with Gasteiger partial charge in [-0.15, -0.1) is 0 Å². The molecule has 0 aliphatic rings. The van der Waals surface area contributed by atoms with Gasteiger partial charge in [0.2, 0.25) is 0 Å².